The highest BCUT2D eigenvalue weighted by atomic mass is 32.1. The number of benzene rings is 1. The van der Waals surface area contributed by atoms with E-state index in [-0.39, 0.29) is 31.0 Å². The molecule has 0 fully saturated rings. The molecule has 0 aliphatic carbocycles. The van der Waals surface area contributed by atoms with Gasteiger partial charge in [0.1, 0.15) is 0 Å². The standard InChI is InChI=1S/C22H25NO6S/c24-7-1-2-8-26-21-12-16(20-4-3-9-30-20)11-19(29-21)22(25)23-13-15-5-6-17-18(10-15)28-14-27-17/h3-6,9-11,16,21,24H,1-2,7-8,12-14H2,(H,23,25)/t16-,21+/m1/s1. The van der Waals surface area contributed by atoms with Crippen molar-refractivity contribution in [3.63, 3.8) is 0 Å². The van der Waals surface area contributed by atoms with Gasteiger partial charge >= 0.3 is 0 Å². The number of hydrogen-bond donors (Lipinski definition) is 2. The second-order valence-corrected chi connectivity index (χ2v) is 8.09. The average Bonchev–Trinajstić information content (AvgIpc) is 3.46. The Morgan fingerprint density at radius 3 is 2.97 bits per heavy atom. The van der Waals surface area contributed by atoms with Crippen LogP contribution >= 0.6 is 11.3 Å². The molecule has 2 aromatic rings. The number of ether oxygens (including phenoxy) is 4. The summed E-state index contributed by atoms with van der Waals surface area (Å²) < 4.78 is 22.4. The van der Waals surface area contributed by atoms with E-state index in [1.807, 2.05) is 35.7 Å². The summed E-state index contributed by atoms with van der Waals surface area (Å²) in [4.78, 5) is 14.0. The van der Waals surface area contributed by atoms with Crippen molar-refractivity contribution in [2.75, 3.05) is 20.0 Å². The van der Waals surface area contributed by atoms with E-state index >= 15 is 0 Å². The Balaban J connectivity index is 1.39. The zero-order valence-electron chi connectivity index (χ0n) is 16.5. The molecule has 0 unspecified atom stereocenters. The maximum atomic E-state index is 12.8. The number of nitrogens with one attached hydrogen (secondary N) is 1. The van der Waals surface area contributed by atoms with Crippen LogP contribution in [0.5, 0.6) is 11.5 Å². The Morgan fingerprint density at radius 1 is 1.23 bits per heavy atom. The average molecular weight is 432 g/mol. The molecule has 1 aromatic heterocycles. The summed E-state index contributed by atoms with van der Waals surface area (Å²) in [6.45, 7) is 1.19. The molecule has 1 amide bonds. The number of thiophene rings is 1. The molecule has 7 nitrogen and oxygen atoms in total. The van der Waals surface area contributed by atoms with E-state index in [1.165, 1.54) is 4.88 Å². The van der Waals surface area contributed by atoms with Crippen LogP contribution in [0.15, 0.2) is 47.5 Å². The first kappa shape index (κ1) is 20.7. The molecule has 0 saturated carbocycles. The first-order chi connectivity index (χ1) is 14.7. The van der Waals surface area contributed by atoms with Crippen molar-refractivity contribution < 1.29 is 28.8 Å². The first-order valence-corrected chi connectivity index (χ1v) is 10.9. The van der Waals surface area contributed by atoms with E-state index in [9.17, 15) is 4.79 Å². The predicted molar refractivity (Wildman–Crippen MR) is 111 cm³/mol. The van der Waals surface area contributed by atoms with Gasteiger partial charge in [-0.15, -0.1) is 11.3 Å². The SMILES string of the molecule is O=C(NCc1ccc2c(c1)OCO2)C1=C[C@@H](c2cccs2)C[C@@H](OCCCCO)O1. The lowest BCUT2D eigenvalue weighted by Gasteiger charge is -2.28. The van der Waals surface area contributed by atoms with Gasteiger partial charge in [0.2, 0.25) is 13.1 Å². The molecule has 160 valence electrons. The van der Waals surface area contributed by atoms with Crippen molar-refractivity contribution in [2.24, 2.45) is 0 Å². The van der Waals surface area contributed by atoms with Gasteiger partial charge in [-0.25, -0.2) is 0 Å². The van der Waals surface area contributed by atoms with Crippen LogP contribution in [0.2, 0.25) is 0 Å². The van der Waals surface area contributed by atoms with Crippen molar-refractivity contribution in [2.45, 2.75) is 38.0 Å². The van der Waals surface area contributed by atoms with Gasteiger partial charge in [0.25, 0.3) is 5.91 Å². The number of amides is 1. The summed E-state index contributed by atoms with van der Waals surface area (Å²) >= 11 is 1.65. The molecular weight excluding hydrogens is 406 g/mol. The van der Waals surface area contributed by atoms with Gasteiger partial charge in [-0.1, -0.05) is 12.1 Å². The summed E-state index contributed by atoms with van der Waals surface area (Å²) in [5.41, 5.74) is 0.913. The van der Waals surface area contributed by atoms with E-state index in [1.54, 1.807) is 11.3 Å². The molecule has 30 heavy (non-hydrogen) atoms. The number of unbranched alkanes of at least 4 members (excludes halogenated alkanes) is 1. The van der Waals surface area contributed by atoms with Gasteiger partial charge in [0, 0.05) is 30.4 Å². The largest absolute Gasteiger partial charge is 0.459 e. The van der Waals surface area contributed by atoms with Crippen LogP contribution in [0, 0.1) is 0 Å². The highest BCUT2D eigenvalue weighted by molar-refractivity contribution is 7.10. The van der Waals surface area contributed by atoms with Crippen LogP contribution in [-0.4, -0.2) is 37.3 Å². The Kier molecular flexibility index (Phi) is 6.88. The van der Waals surface area contributed by atoms with E-state index in [0.29, 0.717) is 37.5 Å². The maximum Gasteiger partial charge on any atom is 0.286 e. The highest BCUT2D eigenvalue weighted by Crippen LogP contribution is 2.34. The minimum Gasteiger partial charge on any atom is -0.459 e. The molecule has 2 aliphatic rings. The summed E-state index contributed by atoms with van der Waals surface area (Å²) in [7, 11) is 0. The molecule has 1 aromatic carbocycles. The number of aliphatic hydroxyl groups is 1. The fraction of sp³-hybridized carbons (Fsp3) is 0.409. The second-order valence-electron chi connectivity index (χ2n) is 7.11. The predicted octanol–water partition coefficient (Wildman–Crippen LogP) is 3.30. The zero-order chi connectivity index (χ0) is 20.8. The zero-order valence-corrected chi connectivity index (χ0v) is 17.4. The van der Waals surface area contributed by atoms with Gasteiger partial charge in [0.05, 0.1) is 6.61 Å². The Hall–Kier alpha value is -2.55. The first-order valence-electron chi connectivity index (χ1n) is 10.0. The molecular formula is C22H25NO6S. The summed E-state index contributed by atoms with van der Waals surface area (Å²) in [5, 5.41) is 13.9. The van der Waals surface area contributed by atoms with E-state index < -0.39 is 6.29 Å². The van der Waals surface area contributed by atoms with Crippen LogP contribution in [0.1, 0.15) is 35.6 Å². The molecule has 2 N–H and O–H groups in total. The summed E-state index contributed by atoms with van der Waals surface area (Å²) in [6, 6.07) is 9.65. The fourth-order valence-electron chi connectivity index (χ4n) is 3.37. The third-order valence-corrected chi connectivity index (χ3v) is 5.94. The molecule has 2 aliphatic heterocycles. The van der Waals surface area contributed by atoms with Gasteiger partial charge < -0.3 is 29.4 Å². The van der Waals surface area contributed by atoms with E-state index in [0.717, 1.165) is 12.0 Å². The minimum absolute atomic E-state index is 0.0629. The molecule has 0 radical (unpaired) electrons. The smallest absolute Gasteiger partial charge is 0.286 e. The molecule has 8 heteroatoms. The molecule has 0 spiro atoms. The highest BCUT2D eigenvalue weighted by Gasteiger charge is 2.29. The molecule has 4 rings (SSSR count). The maximum absolute atomic E-state index is 12.8. The van der Waals surface area contributed by atoms with Crippen LogP contribution in [0.25, 0.3) is 0 Å². The lowest BCUT2D eigenvalue weighted by Crippen LogP contribution is -2.32. The van der Waals surface area contributed by atoms with Crippen molar-refractivity contribution in [1.82, 2.24) is 5.32 Å². The topological polar surface area (TPSA) is 86.3 Å². The van der Waals surface area contributed by atoms with E-state index in [2.05, 4.69) is 11.4 Å². The molecule has 0 bridgehead atoms. The van der Waals surface area contributed by atoms with Crippen molar-refractivity contribution in [1.29, 1.82) is 0 Å². The molecule has 0 saturated heterocycles. The fourth-order valence-corrected chi connectivity index (χ4v) is 4.18. The van der Waals surface area contributed by atoms with Crippen LogP contribution in [0.4, 0.5) is 0 Å². The Bertz CT molecular complexity index is 882. The van der Waals surface area contributed by atoms with Gasteiger partial charge in [0.15, 0.2) is 17.3 Å². The van der Waals surface area contributed by atoms with E-state index in [4.69, 9.17) is 24.1 Å². The lowest BCUT2D eigenvalue weighted by atomic mass is 9.99. The van der Waals surface area contributed by atoms with Crippen molar-refractivity contribution >= 4 is 17.2 Å². The number of carbonyl (C=O) groups excluding carboxylic acids is 1. The Morgan fingerprint density at radius 2 is 2.13 bits per heavy atom. The number of allylic oxidation sites excluding steroid dienone is 1. The third-order valence-electron chi connectivity index (χ3n) is 4.94. The number of rotatable bonds is 9. The number of carbonyl (C=O) groups is 1. The molecule has 2 atom stereocenters. The quantitative estimate of drug-likeness (QED) is 0.593. The van der Waals surface area contributed by atoms with Gasteiger partial charge in [-0.05, 0) is 48.1 Å². The second kappa shape index (κ2) is 9.97. The van der Waals surface area contributed by atoms with Gasteiger partial charge in [-0.2, -0.15) is 0 Å². The van der Waals surface area contributed by atoms with Crippen molar-refractivity contribution in [3.8, 4) is 11.5 Å². The number of hydrogen-bond acceptors (Lipinski definition) is 7. The van der Waals surface area contributed by atoms with Crippen LogP contribution in [0.3, 0.4) is 0 Å². The Labute approximate surface area is 179 Å². The normalized spacial score (nSPS) is 19.8. The molecule has 3 heterocycles. The number of aliphatic hydroxyl groups excluding tert-OH is 1. The van der Waals surface area contributed by atoms with Crippen LogP contribution < -0.4 is 14.8 Å². The monoisotopic (exact) mass is 431 g/mol. The van der Waals surface area contributed by atoms with Crippen LogP contribution in [-0.2, 0) is 20.8 Å². The number of fused-ring (bicyclic) bond motifs is 1. The van der Waals surface area contributed by atoms with Crippen molar-refractivity contribution in [3.05, 3.63) is 58.0 Å². The van der Waals surface area contributed by atoms with Gasteiger partial charge in [-0.3, -0.25) is 4.79 Å². The lowest BCUT2D eigenvalue weighted by molar-refractivity contribution is -0.146. The summed E-state index contributed by atoms with van der Waals surface area (Å²) in [5.74, 6) is 1.45. The summed E-state index contributed by atoms with van der Waals surface area (Å²) in [6.07, 6.45) is 3.45. The minimum atomic E-state index is -0.493. The third kappa shape index (κ3) is 5.13.